The second-order valence-corrected chi connectivity index (χ2v) is 7.85. The minimum absolute atomic E-state index is 0.000412. The average molecular weight is 456 g/mol. The van der Waals surface area contributed by atoms with Crippen molar-refractivity contribution in [3.8, 4) is 11.3 Å². The summed E-state index contributed by atoms with van der Waals surface area (Å²) in [6.07, 6.45) is -0.347. The van der Waals surface area contributed by atoms with Crippen LogP contribution >= 0.6 is 11.6 Å². The van der Waals surface area contributed by atoms with Crippen LogP contribution in [0.1, 0.15) is 17.5 Å². The van der Waals surface area contributed by atoms with Gasteiger partial charge < -0.3 is 10.2 Å². The molecule has 1 aliphatic heterocycles. The number of alkyl halides is 2. The monoisotopic (exact) mass is 455 g/mol. The highest BCUT2D eigenvalue weighted by atomic mass is 35.5. The standard InChI is InChI=1S/C23H20ClF2N5O/c24-19-18(20(27)15-7-3-1-4-8-15)22(30-29-21(19)16-9-5-2-6-10-16)28-13-17(32)31-12-11-23(25,26)14-31/h1-10,27H,11-14H2,(H,28,30). The van der Waals surface area contributed by atoms with Crippen molar-refractivity contribution in [1.29, 1.82) is 5.41 Å². The first-order valence-electron chi connectivity index (χ1n) is 10.0. The van der Waals surface area contributed by atoms with Gasteiger partial charge in [0.2, 0.25) is 5.91 Å². The predicted molar refractivity (Wildman–Crippen MR) is 119 cm³/mol. The number of carbonyl (C=O) groups is 1. The van der Waals surface area contributed by atoms with E-state index in [0.717, 1.165) is 10.5 Å². The number of hydrogen-bond donors (Lipinski definition) is 2. The van der Waals surface area contributed by atoms with Crippen molar-refractivity contribution in [2.24, 2.45) is 0 Å². The van der Waals surface area contributed by atoms with Crippen LogP contribution in [0.25, 0.3) is 11.3 Å². The van der Waals surface area contributed by atoms with Crippen LogP contribution in [0.4, 0.5) is 14.6 Å². The largest absolute Gasteiger partial charge is 0.359 e. The van der Waals surface area contributed by atoms with Crippen LogP contribution < -0.4 is 5.32 Å². The third kappa shape index (κ3) is 4.60. The third-order valence-electron chi connectivity index (χ3n) is 5.20. The maximum Gasteiger partial charge on any atom is 0.267 e. The molecule has 2 heterocycles. The van der Waals surface area contributed by atoms with Crippen LogP contribution in [0.5, 0.6) is 0 Å². The maximum absolute atomic E-state index is 13.5. The minimum Gasteiger partial charge on any atom is -0.359 e. The zero-order valence-corrected chi connectivity index (χ0v) is 17.7. The van der Waals surface area contributed by atoms with Gasteiger partial charge in [0, 0.05) is 24.1 Å². The van der Waals surface area contributed by atoms with Crippen molar-refractivity contribution >= 4 is 29.0 Å². The molecule has 2 N–H and O–H groups in total. The number of benzene rings is 2. The fraction of sp³-hybridized carbons (Fsp3) is 0.217. The molecule has 32 heavy (non-hydrogen) atoms. The van der Waals surface area contributed by atoms with Crippen LogP contribution in [0.3, 0.4) is 0 Å². The van der Waals surface area contributed by atoms with Gasteiger partial charge in [0.15, 0.2) is 5.82 Å². The van der Waals surface area contributed by atoms with Gasteiger partial charge in [-0.05, 0) is 0 Å². The van der Waals surface area contributed by atoms with Crippen LogP contribution in [0.2, 0.25) is 5.02 Å². The molecular weight excluding hydrogens is 436 g/mol. The predicted octanol–water partition coefficient (Wildman–Crippen LogP) is 4.49. The Balaban J connectivity index is 1.66. The highest BCUT2D eigenvalue weighted by molar-refractivity contribution is 6.38. The van der Waals surface area contributed by atoms with Crippen LogP contribution in [-0.2, 0) is 4.79 Å². The van der Waals surface area contributed by atoms with Gasteiger partial charge in [0.05, 0.1) is 29.4 Å². The molecule has 0 atom stereocenters. The summed E-state index contributed by atoms with van der Waals surface area (Å²) in [4.78, 5) is 13.5. The highest BCUT2D eigenvalue weighted by Gasteiger charge is 2.40. The number of anilines is 1. The van der Waals surface area contributed by atoms with E-state index in [9.17, 15) is 13.6 Å². The number of carbonyl (C=O) groups excluding carboxylic acids is 1. The Hall–Kier alpha value is -3.39. The van der Waals surface area contributed by atoms with E-state index in [2.05, 4.69) is 15.5 Å². The molecule has 4 rings (SSSR count). The summed E-state index contributed by atoms with van der Waals surface area (Å²) in [7, 11) is 0. The normalized spacial score (nSPS) is 14.9. The molecule has 0 radical (unpaired) electrons. The Bertz CT molecular complexity index is 1140. The van der Waals surface area contributed by atoms with E-state index in [0.29, 0.717) is 11.3 Å². The molecule has 1 saturated heterocycles. The molecule has 1 fully saturated rings. The van der Waals surface area contributed by atoms with E-state index < -0.39 is 18.4 Å². The third-order valence-corrected chi connectivity index (χ3v) is 5.57. The van der Waals surface area contributed by atoms with Gasteiger partial charge in [-0.2, -0.15) is 0 Å². The first kappa shape index (κ1) is 21.8. The van der Waals surface area contributed by atoms with E-state index >= 15 is 0 Å². The topological polar surface area (TPSA) is 82.0 Å². The number of amides is 1. The van der Waals surface area contributed by atoms with Gasteiger partial charge in [-0.1, -0.05) is 72.3 Å². The number of likely N-dealkylation sites (tertiary alicyclic amines) is 1. The number of nitrogens with zero attached hydrogens (tertiary/aromatic N) is 3. The molecule has 9 heteroatoms. The second kappa shape index (κ2) is 9.00. The van der Waals surface area contributed by atoms with Gasteiger partial charge in [-0.15, -0.1) is 10.2 Å². The Labute approximate surface area is 188 Å². The van der Waals surface area contributed by atoms with E-state index in [1.165, 1.54) is 0 Å². The van der Waals surface area contributed by atoms with Gasteiger partial charge in [-0.25, -0.2) is 8.78 Å². The maximum atomic E-state index is 13.5. The highest BCUT2D eigenvalue weighted by Crippen LogP contribution is 2.33. The Morgan fingerprint density at radius 3 is 2.38 bits per heavy atom. The average Bonchev–Trinajstić information content (AvgIpc) is 3.18. The summed E-state index contributed by atoms with van der Waals surface area (Å²) in [6.45, 7) is -0.861. The number of hydrogen-bond acceptors (Lipinski definition) is 5. The molecule has 0 saturated carbocycles. The van der Waals surface area contributed by atoms with Crippen molar-refractivity contribution in [2.45, 2.75) is 12.3 Å². The fourth-order valence-electron chi connectivity index (χ4n) is 3.52. The van der Waals surface area contributed by atoms with Crippen LogP contribution in [-0.4, -0.2) is 52.3 Å². The molecule has 1 aliphatic rings. The van der Waals surface area contributed by atoms with Crippen LogP contribution in [0.15, 0.2) is 60.7 Å². The zero-order valence-electron chi connectivity index (χ0n) is 17.0. The molecule has 2 aromatic carbocycles. The molecule has 1 aromatic heterocycles. The minimum atomic E-state index is -2.86. The SMILES string of the molecule is N=C(c1ccccc1)c1c(NCC(=O)N2CCC(F)(F)C2)nnc(-c2ccccc2)c1Cl. The number of nitrogens with one attached hydrogen (secondary N) is 2. The second-order valence-electron chi connectivity index (χ2n) is 7.47. The molecule has 0 bridgehead atoms. The van der Waals surface area contributed by atoms with Gasteiger partial charge >= 0.3 is 0 Å². The van der Waals surface area contributed by atoms with E-state index in [-0.39, 0.29) is 41.6 Å². The lowest BCUT2D eigenvalue weighted by atomic mass is 10.0. The van der Waals surface area contributed by atoms with Crippen LogP contribution in [0, 0.1) is 5.41 Å². The summed E-state index contributed by atoms with van der Waals surface area (Å²) in [5, 5.41) is 20.2. The first-order chi connectivity index (χ1) is 15.4. The summed E-state index contributed by atoms with van der Waals surface area (Å²) in [6, 6.07) is 18.2. The van der Waals surface area contributed by atoms with Crippen molar-refractivity contribution in [3.63, 3.8) is 0 Å². The molecule has 0 unspecified atom stereocenters. The lowest BCUT2D eigenvalue weighted by Crippen LogP contribution is -2.35. The summed E-state index contributed by atoms with van der Waals surface area (Å²) in [5.74, 6) is -3.20. The molecule has 1 amide bonds. The number of aromatic nitrogens is 2. The lowest BCUT2D eigenvalue weighted by Gasteiger charge is -2.18. The summed E-state index contributed by atoms with van der Waals surface area (Å²) < 4.78 is 26.9. The number of rotatable bonds is 6. The van der Waals surface area contributed by atoms with Crippen molar-refractivity contribution in [3.05, 3.63) is 76.8 Å². The quantitative estimate of drug-likeness (QED) is 0.536. The Morgan fingerprint density at radius 2 is 1.75 bits per heavy atom. The lowest BCUT2D eigenvalue weighted by molar-refractivity contribution is -0.129. The molecule has 6 nitrogen and oxygen atoms in total. The van der Waals surface area contributed by atoms with Crippen molar-refractivity contribution in [1.82, 2.24) is 15.1 Å². The van der Waals surface area contributed by atoms with E-state index in [1.807, 2.05) is 36.4 Å². The molecular formula is C23H20ClF2N5O. The Kier molecular flexibility index (Phi) is 6.14. The first-order valence-corrected chi connectivity index (χ1v) is 10.4. The van der Waals surface area contributed by atoms with Crippen molar-refractivity contribution < 1.29 is 13.6 Å². The molecule has 0 spiro atoms. The van der Waals surface area contributed by atoms with Gasteiger partial charge in [0.1, 0.15) is 5.69 Å². The zero-order chi connectivity index (χ0) is 22.7. The van der Waals surface area contributed by atoms with Crippen molar-refractivity contribution in [2.75, 3.05) is 25.0 Å². The number of halogens is 3. The van der Waals surface area contributed by atoms with E-state index in [1.54, 1.807) is 24.3 Å². The molecule has 0 aliphatic carbocycles. The smallest absolute Gasteiger partial charge is 0.267 e. The summed E-state index contributed by atoms with van der Waals surface area (Å²) >= 11 is 6.70. The molecule has 3 aromatic rings. The van der Waals surface area contributed by atoms with Gasteiger partial charge in [0.25, 0.3) is 5.92 Å². The molecule has 164 valence electrons. The Morgan fingerprint density at radius 1 is 1.09 bits per heavy atom. The summed E-state index contributed by atoms with van der Waals surface area (Å²) in [5.41, 5.74) is 2.12. The fourth-order valence-corrected chi connectivity index (χ4v) is 3.85. The van der Waals surface area contributed by atoms with E-state index in [4.69, 9.17) is 17.0 Å². The van der Waals surface area contributed by atoms with Gasteiger partial charge in [-0.3, -0.25) is 10.2 Å².